The molecule has 0 bridgehead atoms. The second-order valence-corrected chi connectivity index (χ2v) is 4.19. The summed E-state index contributed by atoms with van der Waals surface area (Å²) >= 11 is 1.62. The third kappa shape index (κ3) is 2.03. The highest BCUT2D eigenvalue weighted by atomic mass is 32.1. The van der Waals surface area contributed by atoms with Crippen LogP contribution in [0.25, 0.3) is 0 Å². The van der Waals surface area contributed by atoms with Crippen molar-refractivity contribution in [2.24, 2.45) is 0 Å². The standard InChI is InChI=1S/C12H12OS/c13-9-12-11(6-7-14-12)8-10-4-2-1-3-5-10/h1-7,13H,8-9H2. The van der Waals surface area contributed by atoms with Gasteiger partial charge in [0.25, 0.3) is 0 Å². The predicted octanol–water partition coefficient (Wildman–Crippen LogP) is 2.83. The Hall–Kier alpha value is -1.12. The molecule has 0 aliphatic rings. The van der Waals surface area contributed by atoms with Crippen LogP contribution in [-0.4, -0.2) is 5.11 Å². The van der Waals surface area contributed by atoms with Gasteiger partial charge in [0.05, 0.1) is 6.61 Å². The van der Waals surface area contributed by atoms with E-state index in [4.69, 9.17) is 5.11 Å². The molecule has 72 valence electrons. The van der Waals surface area contributed by atoms with Crippen LogP contribution < -0.4 is 0 Å². The number of hydrogen-bond acceptors (Lipinski definition) is 2. The summed E-state index contributed by atoms with van der Waals surface area (Å²) < 4.78 is 0. The van der Waals surface area contributed by atoms with Crippen LogP contribution in [0.4, 0.5) is 0 Å². The summed E-state index contributed by atoms with van der Waals surface area (Å²) in [6.45, 7) is 0.153. The molecule has 0 aliphatic heterocycles. The van der Waals surface area contributed by atoms with Crippen molar-refractivity contribution in [1.29, 1.82) is 0 Å². The lowest BCUT2D eigenvalue weighted by molar-refractivity contribution is 0.284. The van der Waals surface area contributed by atoms with Crippen molar-refractivity contribution in [3.05, 3.63) is 57.8 Å². The third-order valence-electron chi connectivity index (χ3n) is 2.22. The second-order valence-electron chi connectivity index (χ2n) is 3.19. The number of aliphatic hydroxyl groups excluding tert-OH is 1. The highest BCUT2D eigenvalue weighted by Crippen LogP contribution is 2.19. The van der Waals surface area contributed by atoms with Gasteiger partial charge in [0.2, 0.25) is 0 Å². The van der Waals surface area contributed by atoms with Gasteiger partial charge in [-0.05, 0) is 29.0 Å². The summed E-state index contributed by atoms with van der Waals surface area (Å²) in [5.74, 6) is 0. The molecule has 14 heavy (non-hydrogen) atoms. The van der Waals surface area contributed by atoms with E-state index >= 15 is 0 Å². The second kappa shape index (κ2) is 4.40. The Bertz CT molecular complexity index is 392. The molecule has 0 radical (unpaired) electrons. The monoisotopic (exact) mass is 204 g/mol. The zero-order valence-corrected chi connectivity index (χ0v) is 8.63. The molecule has 1 heterocycles. The normalized spacial score (nSPS) is 10.4. The van der Waals surface area contributed by atoms with Gasteiger partial charge in [-0.3, -0.25) is 0 Å². The number of hydrogen-bond donors (Lipinski definition) is 1. The Morgan fingerprint density at radius 3 is 2.57 bits per heavy atom. The van der Waals surface area contributed by atoms with Crippen LogP contribution in [0.1, 0.15) is 16.0 Å². The highest BCUT2D eigenvalue weighted by Gasteiger charge is 2.03. The van der Waals surface area contributed by atoms with Gasteiger partial charge in [-0.15, -0.1) is 11.3 Å². The van der Waals surface area contributed by atoms with E-state index in [1.165, 1.54) is 11.1 Å². The van der Waals surface area contributed by atoms with Gasteiger partial charge in [-0.2, -0.15) is 0 Å². The first-order valence-corrected chi connectivity index (χ1v) is 5.48. The Kier molecular flexibility index (Phi) is 2.96. The highest BCUT2D eigenvalue weighted by molar-refractivity contribution is 7.10. The van der Waals surface area contributed by atoms with E-state index in [1.807, 2.05) is 23.6 Å². The maximum Gasteiger partial charge on any atom is 0.0777 e. The smallest absolute Gasteiger partial charge is 0.0777 e. The van der Waals surface area contributed by atoms with E-state index in [1.54, 1.807) is 11.3 Å². The van der Waals surface area contributed by atoms with Gasteiger partial charge in [-0.25, -0.2) is 0 Å². The average molecular weight is 204 g/mol. The van der Waals surface area contributed by atoms with Crippen LogP contribution >= 0.6 is 11.3 Å². The number of rotatable bonds is 3. The van der Waals surface area contributed by atoms with E-state index < -0.39 is 0 Å². The van der Waals surface area contributed by atoms with E-state index in [-0.39, 0.29) is 6.61 Å². The lowest BCUT2D eigenvalue weighted by Gasteiger charge is -2.01. The molecule has 0 atom stereocenters. The molecule has 2 aromatic rings. The van der Waals surface area contributed by atoms with Gasteiger partial charge in [-0.1, -0.05) is 30.3 Å². The zero-order chi connectivity index (χ0) is 9.80. The largest absolute Gasteiger partial charge is 0.391 e. The first-order chi connectivity index (χ1) is 6.90. The minimum Gasteiger partial charge on any atom is -0.391 e. The fourth-order valence-electron chi connectivity index (χ4n) is 1.48. The van der Waals surface area contributed by atoms with E-state index in [0.717, 1.165) is 11.3 Å². The SMILES string of the molecule is OCc1sccc1Cc1ccccc1. The number of benzene rings is 1. The molecule has 0 fully saturated rings. The van der Waals surface area contributed by atoms with Crippen LogP contribution in [0.5, 0.6) is 0 Å². The number of thiophene rings is 1. The fraction of sp³-hybridized carbons (Fsp3) is 0.167. The molecule has 0 unspecified atom stereocenters. The molecular formula is C12H12OS. The van der Waals surface area contributed by atoms with Crippen LogP contribution in [0.2, 0.25) is 0 Å². The molecule has 1 N–H and O–H groups in total. The summed E-state index contributed by atoms with van der Waals surface area (Å²) in [6, 6.07) is 12.4. The summed E-state index contributed by atoms with van der Waals surface area (Å²) in [5.41, 5.74) is 2.53. The quantitative estimate of drug-likeness (QED) is 0.815. The third-order valence-corrected chi connectivity index (χ3v) is 3.17. The van der Waals surface area contributed by atoms with Crippen LogP contribution in [-0.2, 0) is 13.0 Å². The summed E-state index contributed by atoms with van der Waals surface area (Å²) in [6.07, 6.45) is 0.917. The maximum atomic E-state index is 9.10. The van der Waals surface area contributed by atoms with E-state index in [2.05, 4.69) is 18.2 Å². The molecule has 0 spiro atoms. The van der Waals surface area contributed by atoms with Gasteiger partial charge >= 0.3 is 0 Å². The van der Waals surface area contributed by atoms with Gasteiger partial charge in [0, 0.05) is 4.88 Å². The van der Waals surface area contributed by atoms with Gasteiger partial charge in [0.15, 0.2) is 0 Å². The number of aliphatic hydroxyl groups is 1. The molecule has 0 saturated carbocycles. The van der Waals surface area contributed by atoms with E-state index in [9.17, 15) is 0 Å². The van der Waals surface area contributed by atoms with Crippen molar-refractivity contribution < 1.29 is 5.11 Å². The molecule has 2 heteroatoms. The van der Waals surface area contributed by atoms with Crippen molar-refractivity contribution in [3.8, 4) is 0 Å². The molecular weight excluding hydrogens is 192 g/mol. The molecule has 0 aliphatic carbocycles. The maximum absolute atomic E-state index is 9.10. The predicted molar refractivity (Wildman–Crippen MR) is 59.5 cm³/mol. The van der Waals surface area contributed by atoms with Crippen LogP contribution in [0, 0.1) is 0 Å². The lowest BCUT2D eigenvalue weighted by Crippen LogP contribution is -1.89. The fourth-order valence-corrected chi connectivity index (χ4v) is 2.24. The molecule has 2 rings (SSSR count). The van der Waals surface area contributed by atoms with Crippen LogP contribution in [0.15, 0.2) is 41.8 Å². The Balaban J connectivity index is 2.19. The van der Waals surface area contributed by atoms with Crippen molar-refractivity contribution in [2.75, 3.05) is 0 Å². The van der Waals surface area contributed by atoms with Crippen molar-refractivity contribution >= 4 is 11.3 Å². The lowest BCUT2D eigenvalue weighted by atomic mass is 10.1. The van der Waals surface area contributed by atoms with Crippen molar-refractivity contribution in [3.63, 3.8) is 0 Å². The first kappa shape index (κ1) is 9.44. The van der Waals surface area contributed by atoms with Crippen molar-refractivity contribution in [2.45, 2.75) is 13.0 Å². The minimum absolute atomic E-state index is 0.153. The van der Waals surface area contributed by atoms with Crippen LogP contribution in [0.3, 0.4) is 0 Å². The summed E-state index contributed by atoms with van der Waals surface area (Å²) in [4.78, 5) is 1.08. The van der Waals surface area contributed by atoms with Gasteiger partial charge < -0.3 is 5.11 Å². The van der Waals surface area contributed by atoms with Gasteiger partial charge in [0.1, 0.15) is 0 Å². The Morgan fingerprint density at radius 1 is 1.07 bits per heavy atom. The molecule has 0 amide bonds. The Morgan fingerprint density at radius 2 is 1.86 bits per heavy atom. The summed E-state index contributed by atoms with van der Waals surface area (Å²) in [5, 5.41) is 11.1. The molecule has 0 saturated heterocycles. The first-order valence-electron chi connectivity index (χ1n) is 4.60. The molecule has 1 aromatic carbocycles. The molecule has 1 aromatic heterocycles. The summed E-state index contributed by atoms with van der Waals surface area (Å²) in [7, 11) is 0. The Labute approximate surface area is 87.7 Å². The minimum atomic E-state index is 0.153. The molecule has 1 nitrogen and oxygen atoms in total. The average Bonchev–Trinajstić information content (AvgIpc) is 2.67. The topological polar surface area (TPSA) is 20.2 Å². The zero-order valence-electron chi connectivity index (χ0n) is 7.81. The van der Waals surface area contributed by atoms with Crippen molar-refractivity contribution in [1.82, 2.24) is 0 Å². The van der Waals surface area contributed by atoms with E-state index in [0.29, 0.717) is 0 Å².